The molecule has 0 fully saturated rings. The van der Waals surface area contributed by atoms with E-state index in [0.717, 1.165) is 6.34 Å². The van der Waals surface area contributed by atoms with Gasteiger partial charge in [0, 0.05) is 6.54 Å². The van der Waals surface area contributed by atoms with Crippen LogP contribution in [-0.2, 0) is 0 Å². The summed E-state index contributed by atoms with van der Waals surface area (Å²) in [4.78, 5) is 8.01. The van der Waals surface area contributed by atoms with Gasteiger partial charge in [-0.1, -0.05) is 0 Å². The second-order valence-corrected chi connectivity index (χ2v) is 2.39. The quantitative estimate of drug-likeness (QED) is 0.441. The Morgan fingerprint density at radius 3 is 2.46 bits per heavy atom. The summed E-state index contributed by atoms with van der Waals surface area (Å²) in [6.45, 7) is 5.87. The Labute approximate surface area is 78.0 Å². The van der Waals surface area contributed by atoms with E-state index in [4.69, 9.17) is 10.8 Å². The van der Waals surface area contributed by atoms with Crippen LogP contribution in [0.5, 0.6) is 0 Å². The Hall–Kier alpha value is -1.52. The highest BCUT2D eigenvalue weighted by Gasteiger charge is 2.00. The molecule has 0 spiro atoms. The predicted octanol–water partition coefficient (Wildman–Crippen LogP) is 1.06. The Morgan fingerprint density at radius 2 is 2.08 bits per heavy atom. The molecule has 3 N–H and O–H groups in total. The highest BCUT2D eigenvalue weighted by Crippen LogP contribution is 1.84. The number of rotatable bonds is 3. The average Bonchev–Trinajstić information content (AvgIpc) is 2.02. The van der Waals surface area contributed by atoms with Crippen molar-refractivity contribution >= 4 is 23.7 Å². The molecule has 0 aliphatic carbocycles. The molecule has 0 aromatic rings. The van der Waals surface area contributed by atoms with E-state index in [1.165, 1.54) is 0 Å². The first-order chi connectivity index (χ1) is 6.11. The van der Waals surface area contributed by atoms with Crippen LogP contribution in [0.4, 0.5) is 0 Å². The fourth-order valence-corrected chi connectivity index (χ4v) is 0.795. The van der Waals surface area contributed by atoms with Crippen LogP contribution >= 0.6 is 0 Å². The molecule has 0 rings (SSSR count). The zero-order valence-electron chi connectivity index (χ0n) is 8.18. The molecule has 0 radical (unpaired) electrons. The molecule has 0 saturated heterocycles. The van der Waals surface area contributed by atoms with Gasteiger partial charge in [-0.15, -0.1) is 0 Å². The van der Waals surface area contributed by atoms with Crippen LogP contribution in [0.2, 0.25) is 0 Å². The lowest BCUT2D eigenvalue weighted by Gasteiger charge is -2.03. The van der Waals surface area contributed by atoms with Crippen molar-refractivity contribution in [3.63, 3.8) is 0 Å². The summed E-state index contributed by atoms with van der Waals surface area (Å²) in [7, 11) is 0. The lowest BCUT2D eigenvalue weighted by Crippen LogP contribution is -2.29. The van der Waals surface area contributed by atoms with E-state index in [1.807, 2.05) is 6.92 Å². The minimum Gasteiger partial charge on any atom is -0.330 e. The monoisotopic (exact) mass is 181 g/mol. The van der Waals surface area contributed by atoms with Gasteiger partial charge in [0.1, 0.15) is 11.7 Å². The molecular formula is C8H15N5. The zero-order valence-corrected chi connectivity index (χ0v) is 8.18. The minimum absolute atomic E-state index is 0.230. The van der Waals surface area contributed by atoms with Gasteiger partial charge in [0.15, 0.2) is 0 Å². The maximum absolute atomic E-state index is 7.16. The Kier molecular flexibility index (Phi) is 5.34. The first-order valence-corrected chi connectivity index (χ1v) is 4.02. The van der Waals surface area contributed by atoms with Gasteiger partial charge < -0.3 is 5.32 Å². The van der Waals surface area contributed by atoms with E-state index in [0.29, 0.717) is 18.1 Å². The third-order valence-electron chi connectivity index (χ3n) is 1.20. The van der Waals surface area contributed by atoms with Gasteiger partial charge in [-0.3, -0.25) is 15.8 Å². The third kappa shape index (κ3) is 4.84. The van der Waals surface area contributed by atoms with Gasteiger partial charge in [0.2, 0.25) is 0 Å². The first-order valence-electron chi connectivity index (χ1n) is 4.02. The maximum atomic E-state index is 7.16. The molecule has 0 unspecified atom stereocenters. The van der Waals surface area contributed by atoms with Crippen LogP contribution in [0, 0.1) is 10.8 Å². The molecule has 13 heavy (non-hydrogen) atoms. The molecule has 0 saturated carbocycles. The molecule has 0 bridgehead atoms. The summed E-state index contributed by atoms with van der Waals surface area (Å²) >= 11 is 0. The van der Waals surface area contributed by atoms with Crippen molar-refractivity contribution in [2.24, 2.45) is 9.98 Å². The minimum atomic E-state index is 0.230. The van der Waals surface area contributed by atoms with Crippen LogP contribution in [0.25, 0.3) is 0 Å². The maximum Gasteiger partial charge on any atom is 0.147 e. The number of nitrogens with zero attached hydrogens (tertiary/aromatic N) is 2. The Morgan fingerprint density at radius 1 is 1.46 bits per heavy atom. The molecule has 0 atom stereocenters. The molecule has 0 amide bonds. The lowest BCUT2D eigenvalue weighted by molar-refractivity contribution is 1.11. The van der Waals surface area contributed by atoms with Crippen LogP contribution in [0.15, 0.2) is 9.98 Å². The number of hydrogen-bond acceptors (Lipinski definition) is 3. The van der Waals surface area contributed by atoms with E-state index in [9.17, 15) is 0 Å². The second kappa shape index (κ2) is 6.05. The Balaban J connectivity index is 4.64. The van der Waals surface area contributed by atoms with Crippen molar-refractivity contribution in [1.29, 1.82) is 10.8 Å². The van der Waals surface area contributed by atoms with Crippen molar-refractivity contribution in [2.75, 3.05) is 6.54 Å². The molecule has 0 aromatic heterocycles. The number of nitrogens with one attached hydrogen (secondary N) is 3. The van der Waals surface area contributed by atoms with Crippen LogP contribution < -0.4 is 5.32 Å². The van der Waals surface area contributed by atoms with Crippen LogP contribution in [0.1, 0.15) is 20.8 Å². The molecule has 0 heterocycles. The van der Waals surface area contributed by atoms with Gasteiger partial charge in [-0.05, 0) is 20.8 Å². The highest BCUT2D eigenvalue weighted by molar-refractivity contribution is 6.43. The van der Waals surface area contributed by atoms with Crippen molar-refractivity contribution < 1.29 is 0 Å². The van der Waals surface area contributed by atoms with E-state index < -0.39 is 0 Å². The molecule has 72 valence electrons. The topological polar surface area (TPSA) is 84.5 Å². The smallest absolute Gasteiger partial charge is 0.147 e. The van der Waals surface area contributed by atoms with Gasteiger partial charge in [0.05, 0.1) is 12.1 Å². The van der Waals surface area contributed by atoms with E-state index in [1.54, 1.807) is 13.8 Å². The normalized spacial score (nSPS) is 12.5. The van der Waals surface area contributed by atoms with E-state index in [2.05, 4.69) is 15.3 Å². The first kappa shape index (κ1) is 11.5. The SMILES string of the molecule is CCN=C(NC=N)C(C)=NC(C)=N. The van der Waals surface area contributed by atoms with Gasteiger partial charge in [-0.2, -0.15) is 0 Å². The number of hydrogen-bond donors (Lipinski definition) is 3. The molecule has 0 aliphatic heterocycles. The fraction of sp³-hybridized carbons (Fsp3) is 0.500. The molecule has 0 aliphatic rings. The largest absolute Gasteiger partial charge is 0.330 e. The van der Waals surface area contributed by atoms with Gasteiger partial charge in [0.25, 0.3) is 0 Å². The summed E-state index contributed by atoms with van der Waals surface area (Å²) in [6, 6.07) is 0. The summed E-state index contributed by atoms with van der Waals surface area (Å²) in [6.07, 6.45) is 1.05. The van der Waals surface area contributed by atoms with Crippen molar-refractivity contribution in [3.8, 4) is 0 Å². The molecule has 5 heteroatoms. The molecular weight excluding hydrogens is 166 g/mol. The average molecular weight is 181 g/mol. The van der Waals surface area contributed by atoms with Crippen molar-refractivity contribution in [3.05, 3.63) is 0 Å². The predicted molar refractivity (Wildman–Crippen MR) is 56.4 cm³/mol. The number of aliphatic imine (C=N–C) groups is 2. The van der Waals surface area contributed by atoms with Crippen LogP contribution in [-0.4, -0.2) is 30.3 Å². The summed E-state index contributed by atoms with van der Waals surface area (Å²) < 4.78 is 0. The van der Waals surface area contributed by atoms with Crippen LogP contribution in [0.3, 0.4) is 0 Å². The highest BCUT2D eigenvalue weighted by atomic mass is 15.0. The van der Waals surface area contributed by atoms with Crippen molar-refractivity contribution in [1.82, 2.24) is 5.32 Å². The summed E-state index contributed by atoms with van der Waals surface area (Å²) in [5, 5.41) is 16.7. The Bertz CT molecular complexity index is 251. The summed E-state index contributed by atoms with van der Waals surface area (Å²) in [5.41, 5.74) is 0.623. The van der Waals surface area contributed by atoms with E-state index >= 15 is 0 Å². The zero-order chi connectivity index (χ0) is 10.3. The summed E-state index contributed by atoms with van der Waals surface area (Å²) in [5.74, 6) is 0.775. The number of amidine groups is 2. The molecule has 5 nitrogen and oxygen atoms in total. The van der Waals surface area contributed by atoms with E-state index in [-0.39, 0.29) is 5.84 Å². The lowest BCUT2D eigenvalue weighted by atomic mass is 10.3. The van der Waals surface area contributed by atoms with Crippen molar-refractivity contribution in [2.45, 2.75) is 20.8 Å². The fourth-order valence-electron chi connectivity index (χ4n) is 0.795. The third-order valence-corrected chi connectivity index (χ3v) is 1.20. The molecule has 0 aromatic carbocycles. The van der Waals surface area contributed by atoms with Gasteiger partial charge >= 0.3 is 0 Å². The van der Waals surface area contributed by atoms with Gasteiger partial charge in [-0.25, -0.2) is 4.99 Å². The standard InChI is InChI=1S/C8H15N5/c1-4-11-8(12-5-9)6(2)13-7(3)10/h5,10H,4H2,1-3H3,(H2,9,11,12). The second-order valence-electron chi connectivity index (χ2n) is 2.39.